The predicted octanol–water partition coefficient (Wildman–Crippen LogP) is 3.73. The lowest BCUT2D eigenvalue weighted by Crippen LogP contribution is -2.50. The van der Waals surface area contributed by atoms with Crippen LogP contribution in [0.4, 0.5) is 11.4 Å². The Morgan fingerprint density at radius 3 is 2.23 bits per heavy atom. The molecule has 3 aromatic rings. The van der Waals surface area contributed by atoms with Crippen LogP contribution in [0.25, 0.3) is 0 Å². The molecule has 1 aliphatic heterocycles. The number of anilines is 2. The molecule has 1 heterocycles. The van der Waals surface area contributed by atoms with E-state index in [0.717, 1.165) is 31.9 Å². The van der Waals surface area contributed by atoms with Gasteiger partial charge in [0.2, 0.25) is 0 Å². The zero-order chi connectivity index (χ0) is 24.8. The van der Waals surface area contributed by atoms with Crippen molar-refractivity contribution < 1.29 is 18.3 Å². The van der Waals surface area contributed by atoms with E-state index < -0.39 is 16.1 Å². The molecule has 4 rings (SSSR count). The molecule has 0 aliphatic carbocycles. The third-order valence-corrected chi connectivity index (χ3v) is 8.14. The van der Waals surface area contributed by atoms with Crippen molar-refractivity contribution in [1.82, 2.24) is 4.90 Å². The van der Waals surface area contributed by atoms with E-state index >= 15 is 0 Å². The predicted molar refractivity (Wildman–Crippen MR) is 140 cm³/mol. The van der Waals surface area contributed by atoms with E-state index in [-0.39, 0.29) is 11.4 Å². The maximum Gasteiger partial charge on any atom is 0.264 e. The minimum Gasteiger partial charge on any atom is -0.495 e. The van der Waals surface area contributed by atoms with Crippen molar-refractivity contribution >= 4 is 33.0 Å². The summed E-state index contributed by atoms with van der Waals surface area (Å²) in [4.78, 5) is 4.60. The SMILES string of the molecule is COc1ccccc1N(CC(O)CN1CCN(c2ccc(Cl)cc2)CC1)S(=O)(=O)c1ccccc1. The number of halogens is 1. The van der Waals surface area contributed by atoms with Gasteiger partial charge in [0.15, 0.2) is 0 Å². The van der Waals surface area contributed by atoms with E-state index in [2.05, 4.69) is 9.80 Å². The average molecular weight is 516 g/mol. The van der Waals surface area contributed by atoms with Crippen molar-refractivity contribution in [3.63, 3.8) is 0 Å². The van der Waals surface area contributed by atoms with Crippen molar-refractivity contribution in [2.24, 2.45) is 0 Å². The van der Waals surface area contributed by atoms with Crippen molar-refractivity contribution in [3.8, 4) is 5.75 Å². The van der Waals surface area contributed by atoms with Crippen molar-refractivity contribution in [1.29, 1.82) is 0 Å². The lowest BCUT2D eigenvalue weighted by molar-refractivity contribution is 0.115. The van der Waals surface area contributed by atoms with E-state index in [1.165, 1.54) is 11.4 Å². The van der Waals surface area contributed by atoms with Crippen LogP contribution in [0.3, 0.4) is 0 Å². The van der Waals surface area contributed by atoms with Crippen LogP contribution in [-0.4, -0.2) is 70.9 Å². The van der Waals surface area contributed by atoms with Crippen LogP contribution in [0.15, 0.2) is 83.8 Å². The number of hydrogen-bond donors (Lipinski definition) is 1. The van der Waals surface area contributed by atoms with Crippen LogP contribution in [0.1, 0.15) is 0 Å². The first-order valence-corrected chi connectivity index (χ1v) is 13.3. The number of methoxy groups -OCH3 is 1. The summed E-state index contributed by atoms with van der Waals surface area (Å²) in [5.41, 5.74) is 1.51. The van der Waals surface area contributed by atoms with Gasteiger partial charge in [-0.2, -0.15) is 0 Å². The zero-order valence-corrected chi connectivity index (χ0v) is 21.2. The summed E-state index contributed by atoms with van der Waals surface area (Å²) in [7, 11) is -2.41. The summed E-state index contributed by atoms with van der Waals surface area (Å²) in [6.07, 6.45) is -0.888. The number of benzene rings is 3. The van der Waals surface area contributed by atoms with Crippen LogP contribution in [-0.2, 0) is 10.0 Å². The van der Waals surface area contributed by atoms with Gasteiger partial charge >= 0.3 is 0 Å². The Kier molecular flexibility index (Phi) is 8.18. The Balaban J connectivity index is 1.47. The highest BCUT2D eigenvalue weighted by atomic mass is 35.5. The summed E-state index contributed by atoms with van der Waals surface area (Å²) < 4.78 is 33.8. The first kappa shape index (κ1) is 25.3. The third-order valence-electron chi connectivity index (χ3n) is 6.09. The standard InChI is InChI=1S/C26H30ClN3O4S/c1-34-26-10-6-5-9-25(26)30(35(32,33)24-7-3-2-4-8-24)20-23(31)19-28-15-17-29(18-16-28)22-13-11-21(27)12-14-22/h2-14,23,31H,15-20H2,1H3. The number of aliphatic hydroxyl groups is 1. The van der Waals surface area contributed by atoms with Gasteiger partial charge in [-0.25, -0.2) is 8.42 Å². The Bertz CT molecular complexity index is 1200. The lowest BCUT2D eigenvalue weighted by Gasteiger charge is -2.37. The van der Waals surface area contributed by atoms with Crippen molar-refractivity contribution in [3.05, 3.63) is 83.9 Å². The molecule has 186 valence electrons. The first-order chi connectivity index (χ1) is 16.9. The van der Waals surface area contributed by atoms with E-state index in [1.807, 2.05) is 24.3 Å². The van der Waals surface area contributed by atoms with Gasteiger partial charge < -0.3 is 14.7 Å². The third kappa shape index (κ3) is 6.08. The Morgan fingerprint density at radius 2 is 1.57 bits per heavy atom. The second-order valence-corrected chi connectivity index (χ2v) is 10.7. The first-order valence-electron chi connectivity index (χ1n) is 11.5. The highest BCUT2D eigenvalue weighted by Gasteiger charge is 2.30. The fourth-order valence-corrected chi connectivity index (χ4v) is 5.93. The van der Waals surface area contributed by atoms with Crippen LogP contribution >= 0.6 is 11.6 Å². The number of sulfonamides is 1. The quantitative estimate of drug-likeness (QED) is 0.468. The van der Waals surface area contributed by atoms with E-state index in [0.29, 0.717) is 23.0 Å². The van der Waals surface area contributed by atoms with Gasteiger partial charge in [-0.15, -0.1) is 0 Å². The molecule has 1 atom stereocenters. The number of para-hydroxylation sites is 2. The van der Waals surface area contributed by atoms with Crippen molar-refractivity contribution in [2.75, 3.05) is 55.6 Å². The molecule has 0 amide bonds. The van der Waals surface area contributed by atoms with E-state index in [9.17, 15) is 13.5 Å². The van der Waals surface area contributed by atoms with Crippen LogP contribution in [0.2, 0.25) is 5.02 Å². The zero-order valence-electron chi connectivity index (χ0n) is 19.6. The molecule has 9 heteroatoms. The van der Waals surface area contributed by atoms with E-state index in [4.69, 9.17) is 16.3 Å². The average Bonchev–Trinajstić information content (AvgIpc) is 2.88. The normalized spacial score (nSPS) is 15.6. The molecule has 1 aliphatic rings. The Hall–Kier alpha value is -2.78. The molecule has 1 unspecified atom stereocenters. The highest BCUT2D eigenvalue weighted by molar-refractivity contribution is 7.92. The number of aliphatic hydroxyl groups excluding tert-OH is 1. The molecule has 1 N–H and O–H groups in total. The minimum absolute atomic E-state index is 0.0883. The molecular weight excluding hydrogens is 486 g/mol. The molecular formula is C26H30ClN3O4S. The second kappa shape index (κ2) is 11.3. The molecule has 0 bridgehead atoms. The smallest absolute Gasteiger partial charge is 0.264 e. The molecule has 3 aromatic carbocycles. The summed E-state index contributed by atoms with van der Waals surface area (Å²) >= 11 is 6.00. The molecule has 35 heavy (non-hydrogen) atoms. The molecule has 0 radical (unpaired) electrons. The number of β-amino-alcohol motifs (C(OH)–C–C–N with tert-alkyl or cyclic N) is 1. The van der Waals surface area contributed by atoms with Gasteiger partial charge in [0.25, 0.3) is 10.0 Å². The number of rotatable bonds is 9. The van der Waals surface area contributed by atoms with Crippen molar-refractivity contribution in [2.45, 2.75) is 11.0 Å². The highest BCUT2D eigenvalue weighted by Crippen LogP contribution is 2.32. The summed E-state index contributed by atoms with van der Waals surface area (Å²) in [5.74, 6) is 0.427. The van der Waals surface area contributed by atoms with E-state index in [1.54, 1.807) is 54.6 Å². The fourth-order valence-electron chi connectivity index (χ4n) is 4.27. The van der Waals surface area contributed by atoms with Gasteiger partial charge in [0.05, 0.1) is 30.3 Å². The van der Waals surface area contributed by atoms with Crippen LogP contribution < -0.4 is 13.9 Å². The summed E-state index contributed by atoms with van der Waals surface area (Å²) in [6.45, 7) is 3.43. The maximum atomic E-state index is 13.6. The molecule has 0 aromatic heterocycles. The van der Waals surface area contributed by atoms with Gasteiger partial charge in [0, 0.05) is 43.4 Å². The fraction of sp³-hybridized carbons (Fsp3) is 0.308. The second-order valence-electron chi connectivity index (χ2n) is 8.44. The molecule has 1 saturated heterocycles. The maximum absolute atomic E-state index is 13.6. The lowest BCUT2D eigenvalue weighted by atomic mass is 10.2. The van der Waals surface area contributed by atoms with Gasteiger partial charge in [-0.3, -0.25) is 9.21 Å². The largest absolute Gasteiger partial charge is 0.495 e. The molecule has 7 nitrogen and oxygen atoms in total. The number of ether oxygens (including phenoxy) is 1. The van der Waals surface area contributed by atoms with Crippen LogP contribution in [0, 0.1) is 0 Å². The Morgan fingerprint density at radius 1 is 0.943 bits per heavy atom. The molecule has 1 fully saturated rings. The van der Waals surface area contributed by atoms with Crippen LogP contribution in [0.5, 0.6) is 5.75 Å². The summed E-state index contributed by atoms with van der Waals surface area (Å²) in [5, 5.41) is 11.7. The monoisotopic (exact) mass is 515 g/mol. The molecule has 0 spiro atoms. The number of nitrogens with zero attached hydrogens (tertiary/aromatic N) is 3. The van der Waals surface area contributed by atoms with Gasteiger partial charge in [0.1, 0.15) is 5.75 Å². The topological polar surface area (TPSA) is 73.3 Å². The van der Waals surface area contributed by atoms with Gasteiger partial charge in [-0.05, 0) is 48.5 Å². The summed E-state index contributed by atoms with van der Waals surface area (Å²) in [6, 6.07) is 23.0. The minimum atomic E-state index is -3.92. The molecule has 0 saturated carbocycles. The van der Waals surface area contributed by atoms with Gasteiger partial charge in [-0.1, -0.05) is 41.9 Å². The Labute approximate surface area is 212 Å². The number of piperazine rings is 1. The number of hydrogen-bond acceptors (Lipinski definition) is 6.